The molecule has 0 atom stereocenters. The fourth-order valence-corrected chi connectivity index (χ4v) is 3.35. The van der Waals surface area contributed by atoms with E-state index in [4.69, 9.17) is 0 Å². The highest BCUT2D eigenvalue weighted by Crippen LogP contribution is 2.31. The summed E-state index contributed by atoms with van der Waals surface area (Å²) in [5.74, 6) is 1.18. The van der Waals surface area contributed by atoms with Crippen LogP contribution in [0.1, 0.15) is 50.8 Å². The molecule has 0 bridgehead atoms. The molecular weight excluding hydrogens is 264 g/mol. The van der Waals surface area contributed by atoms with Gasteiger partial charge in [0, 0.05) is 37.8 Å². The Labute approximate surface area is 128 Å². The molecule has 0 radical (unpaired) electrons. The van der Waals surface area contributed by atoms with Crippen molar-refractivity contribution in [2.24, 2.45) is 7.05 Å². The molecular formula is C16H30N4O. The van der Waals surface area contributed by atoms with Crippen LogP contribution in [0, 0.1) is 6.92 Å². The van der Waals surface area contributed by atoms with Crippen LogP contribution >= 0.6 is 0 Å². The Morgan fingerprint density at radius 3 is 2.62 bits per heavy atom. The summed E-state index contributed by atoms with van der Waals surface area (Å²) in [5.41, 5.74) is 2.35. The predicted octanol–water partition coefficient (Wildman–Crippen LogP) is 1.97. The van der Waals surface area contributed by atoms with Gasteiger partial charge in [-0.25, -0.2) is 0 Å². The molecule has 0 saturated heterocycles. The fourth-order valence-electron chi connectivity index (χ4n) is 3.35. The lowest BCUT2D eigenvalue weighted by Gasteiger charge is -2.31. The van der Waals surface area contributed by atoms with E-state index in [1.54, 1.807) is 0 Å². The van der Waals surface area contributed by atoms with Gasteiger partial charge in [-0.2, -0.15) is 5.10 Å². The molecule has 0 aromatic carbocycles. The lowest BCUT2D eigenvalue weighted by molar-refractivity contribution is 0.296. The first-order chi connectivity index (χ1) is 10.0. The Morgan fingerprint density at radius 2 is 2.05 bits per heavy atom. The van der Waals surface area contributed by atoms with E-state index in [1.807, 2.05) is 11.7 Å². The van der Waals surface area contributed by atoms with E-state index in [0.29, 0.717) is 18.6 Å². The first-order valence-corrected chi connectivity index (χ1v) is 8.18. The van der Waals surface area contributed by atoms with E-state index < -0.39 is 0 Å². The lowest BCUT2D eigenvalue weighted by atomic mass is 10.1. The van der Waals surface area contributed by atoms with E-state index in [9.17, 15) is 5.11 Å². The van der Waals surface area contributed by atoms with Gasteiger partial charge in [0.2, 0.25) is 0 Å². The molecule has 0 aliphatic heterocycles. The van der Waals surface area contributed by atoms with Gasteiger partial charge in [0.25, 0.3) is 0 Å². The summed E-state index contributed by atoms with van der Waals surface area (Å²) in [7, 11) is 2.01. The van der Waals surface area contributed by atoms with Crippen LogP contribution in [0.5, 0.6) is 0 Å². The number of anilines is 1. The van der Waals surface area contributed by atoms with Gasteiger partial charge in [0.15, 0.2) is 0 Å². The molecule has 2 rings (SSSR count). The first kappa shape index (κ1) is 16.3. The largest absolute Gasteiger partial charge is 0.395 e. The van der Waals surface area contributed by atoms with Crippen molar-refractivity contribution in [1.29, 1.82) is 0 Å². The van der Waals surface area contributed by atoms with Crippen LogP contribution in [-0.4, -0.2) is 40.1 Å². The van der Waals surface area contributed by atoms with Crippen molar-refractivity contribution >= 4 is 5.82 Å². The summed E-state index contributed by atoms with van der Waals surface area (Å²) in [5, 5.41) is 17.6. The minimum Gasteiger partial charge on any atom is -0.395 e. The molecule has 1 aromatic rings. The van der Waals surface area contributed by atoms with Gasteiger partial charge < -0.3 is 15.3 Å². The van der Waals surface area contributed by atoms with E-state index in [2.05, 4.69) is 36.1 Å². The van der Waals surface area contributed by atoms with Gasteiger partial charge in [-0.05, 0) is 19.8 Å². The Hall–Kier alpha value is -1.07. The van der Waals surface area contributed by atoms with Crippen molar-refractivity contribution < 1.29 is 5.11 Å². The second-order valence-electron chi connectivity index (χ2n) is 6.40. The van der Waals surface area contributed by atoms with E-state index >= 15 is 0 Å². The maximum Gasteiger partial charge on any atom is 0.131 e. The van der Waals surface area contributed by atoms with Crippen LogP contribution in [0.25, 0.3) is 0 Å². The summed E-state index contributed by atoms with van der Waals surface area (Å²) in [6, 6.07) is 1.000. The van der Waals surface area contributed by atoms with E-state index in [-0.39, 0.29) is 6.61 Å². The molecule has 0 spiro atoms. The third kappa shape index (κ3) is 3.77. The number of aliphatic hydroxyl groups is 1. The number of nitrogens with one attached hydrogen (secondary N) is 1. The standard InChI is InChI=1S/C16H30N4O/c1-12(2)17-11-15-13(3)18-19(4)16(15)20(9-10-21)14-7-5-6-8-14/h12,14,17,21H,5-11H2,1-4H3. The normalized spacial score (nSPS) is 16.1. The molecule has 120 valence electrons. The third-order valence-corrected chi connectivity index (χ3v) is 4.38. The molecule has 21 heavy (non-hydrogen) atoms. The van der Waals surface area contributed by atoms with Crippen LogP contribution in [-0.2, 0) is 13.6 Å². The topological polar surface area (TPSA) is 53.3 Å². The maximum absolute atomic E-state index is 9.48. The van der Waals surface area contributed by atoms with Gasteiger partial charge in [-0.1, -0.05) is 26.7 Å². The SMILES string of the molecule is Cc1nn(C)c(N(CCO)C2CCCC2)c1CNC(C)C. The highest BCUT2D eigenvalue weighted by molar-refractivity contribution is 5.51. The Kier molecular flexibility index (Phi) is 5.65. The molecule has 1 saturated carbocycles. The molecule has 1 aliphatic rings. The zero-order valence-electron chi connectivity index (χ0n) is 13.9. The molecule has 0 unspecified atom stereocenters. The minimum absolute atomic E-state index is 0.192. The van der Waals surface area contributed by atoms with Crippen LogP contribution < -0.4 is 10.2 Å². The molecule has 5 nitrogen and oxygen atoms in total. The number of hydrogen-bond acceptors (Lipinski definition) is 4. The predicted molar refractivity (Wildman–Crippen MR) is 86.6 cm³/mol. The summed E-state index contributed by atoms with van der Waals surface area (Å²) in [6.07, 6.45) is 5.04. The van der Waals surface area contributed by atoms with Crippen molar-refractivity contribution in [3.05, 3.63) is 11.3 Å². The molecule has 2 N–H and O–H groups in total. The number of aryl methyl sites for hydroxylation is 2. The quantitative estimate of drug-likeness (QED) is 0.807. The average molecular weight is 294 g/mol. The van der Waals surface area contributed by atoms with Crippen molar-refractivity contribution in [3.63, 3.8) is 0 Å². The monoisotopic (exact) mass is 294 g/mol. The lowest BCUT2D eigenvalue weighted by Crippen LogP contribution is -2.38. The van der Waals surface area contributed by atoms with E-state index in [0.717, 1.165) is 12.2 Å². The zero-order valence-corrected chi connectivity index (χ0v) is 13.9. The second-order valence-corrected chi connectivity index (χ2v) is 6.40. The second kappa shape index (κ2) is 7.27. The van der Waals surface area contributed by atoms with Gasteiger partial charge in [0.1, 0.15) is 5.82 Å². The van der Waals surface area contributed by atoms with Crippen molar-refractivity contribution in [3.8, 4) is 0 Å². The number of aliphatic hydroxyl groups excluding tert-OH is 1. The Balaban J connectivity index is 2.29. The van der Waals surface area contributed by atoms with Crippen molar-refractivity contribution in [2.75, 3.05) is 18.1 Å². The summed E-state index contributed by atoms with van der Waals surface area (Å²) < 4.78 is 1.99. The first-order valence-electron chi connectivity index (χ1n) is 8.18. The van der Waals surface area contributed by atoms with E-state index in [1.165, 1.54) is 37.1 Å². The van der Waals surface area contributed by atoms with Crippen LogP contribution in [0.15, 0.2) is 0 Å². The summed E-state index contributed by atoms with van der Waals surface area (Å²) in [4.78, 5) is 2.38. The smallest absolute Gasteiger partial charge is 0.131 e. The Morgan fingerprint density at radius 1 is 1.38 bits per heavy atom. The number of rotatable bonds is 7. The number of aromatic nitrogens is 2. The molecule has 1 aliphatic carbocycles. The zero-order chi connectivity index (χ0) is 15.4. The van der Waals surface area contributed by atoms with Crippen molar-refractivity contribution in [1.82, 2.24) is 15.1 Å². The van der Waals surface area contributed by atoms with Crippen molar-refractivity contribution in [2.45, 2.75) is 65.1 Å². The maximum atomic E-state index is 9.48. The average Bonchev–Trinajstić information content (AvgIpc) is 3.02. The highest BCUT2D eigenvalue weighted by Gasteiger charge is 2.27. The van der Waals surface area contributed by atoms with Gasteiger partial charge in [-0.3, -0.25) is 4.68 Å². The molecule has 5 heteroatoms. The minimum atomic E-state index is 0.192. The highest BCUT2D eigenvalue weighted by atomic mass is 16.3. The molecule has 1 heterocycles. The third-order valence-electron chi connectivity index (χ3n) is 4.38. The molecule has 0 amide bonds. The Bertz CT molecular complexity index is 449. The van der Waals surface area contributed by atoms with Crippen LogP contribution in [0.4, 0.5) is 5.82 Å². The molecule has 1 fully saturated rings. The van der Waals surface area contributed by atoms with Crippen LogP contribution in [0.3, 0.4) is 0 Å². The fraction of sp³-hybridized carbons (Fsp3) is 0.812. The van der Waals surface area contributed by atoms with Crippen LogP contribution in [0.2, 0.25) is 0 Å². The summed E-state index contributed by atoms with van der Waals surface area (Å²) in [6.45, 7) is 8.12. The van der Waals surface area contributed by atoms with Gasteiger partial charge in [-0.15, -0.1) is 0 Å². The number of hydrogen-bond donors (Lipinski definition) is 2. The summed E-state index contributed by atoms with van der Waals surface area (Å²) >= 11 is 0. The number of nitrogens with zero attached hydrogens (tertiary/aromatic N) is 3. The van der Waals surface area contributed by atoms with Gasteiger partial charge >= 0.3 is 0 Å². The van der Waals surface area contributed by atoms with Gasteiger partial charge in [0.05, 0.1) is 12.3 Å². The molecule has 1 aromatic heterocycles.